The molecule has 8 heteroatoms. The van der Waals surface area contributed by atoms with Crippen molar-refractivity contribution in [3.63, 3.8) is 0 Å². The molecule has 0 aromatic heterocycles. The lowest BCUT2D eigenvalue weighted by Crippen LogP contribution is -2.28. The van der Waals surface area contributed by atoms with E-state index in [1.807, 2.05) is 0 Å². The molecule has 0 saturated heterocycles. The minimum absolute atomic E-state index is 0.0572. The van der Waals surface area contributed by atoms with E-state index in [9.17, 15) is 14.2 Å². The van der Waals surface area contributed by atoms with Crippen LogP contribution in [0.15, 0.2) is 0 Å². The summed E-state index contributed by atoms with van der Waals surface area (Å²) in [5, 5.41) is 0. The molecule has 248 valence electrons. The van der Waals surface area contributed by atoms with Crippen molar-refractivity contribution in [2.75, 3.05) is 19.0 Å². The van der Waals surface area contributed by atoms with E-state index in [1.165, 1.54) is 122 Å². The third-order valence-corrected chi connectivity index (χ3v) is 8.39. The predicted molar refractivity (Wildman–Crippen MR) is 179 cm³/mol. The second kappa shape index (κ2) is 34.8. The largest absolute Gasteiger partial charge is 0.462 e. The maximum absolute atomic E-state index is 12.3. The van der Waals surface area contributed by atoms with Gasteiger partial charge in [-0.2, -0.15) is 12.6 Å². The minimum atomic E-state index is -0.729. The molecule has 0 aromatic carbocycles. The number of hydrogen-bond acceptors (Lipinski definition) is 7. The number of rotatable bonds is 34. The van der Waals surface area contributed by atoms with Crippen LogP contribution in [-0.2, 0) is 28.2 Å². The molecule has 6 nitrogen and oxygen atoms in total. The Labute approximate surface area is 266 Å². The SMILES string of the molecule is CCCCCCCCCCCCCCCC(=O)O[C@@H](COP=O)COC(=O)CCCCCCCCCCCCCCS. The molecule has 0 rings (SSSR count). The van der Waals surface area contributed by atoms with E-state index in [2.05, 4.69) is 19.6 Å². The highest BCUT2D eigenvalue weighted by Crippen LogP contribution is 2.15. The predicted octanol–water partition coefficient (Wildman–Crippen LogP) is 11.1. The molecule has 0 fully saturated rings. The molecule has 0 aliphatic heterocycles. The number of carbonyl (C=O) groups is 2. The van der Waals surface area contributed by atoms with Gasteiger partial charge in [-0.1, -0.05) is 148 Å². The second-order valence-electron chi connectivity index (χ2n) is 11.9. The van der Waals surface area contributed by atoms with Gasteiger partial charge in [-0.3, -0.25) is 14.1 Å². The van der Waals surface area contributed by atoms with Gasteiger partial charge in [0.15, 0.2) is 6.10 Å². The molecule has 42 heavy (non-hydrogen) atoms. The average Bonchev–Trinajstić information content (AvgIpc) is 2.99. The summed E-state index contributed by atoms with van der Waals surface area (Å²) in [6.45, 7) is 2.14. The Hall–Kier alpha value is -0.650. The molecule has 0 spiro atoms. The highest BCUT2D eigenvalue weighted by Gasteiger charge is 2.17. The molecule has 0 aromatic rings. The maximum atomic E-state index is 12.3. The van der Waals surface area contributed by atoms with Crippen LogP contribution in [0.4, 0.5) is 0 Å². The molecule has 0 saturated carbocycles. The lowest BCUT2D eigenvalue weighted by molar-refractivity contribution is -0.160. The Kier molecular flexibility index (Phi) is 34.3. The first-order valence-electron chi connectivity index (χ1n) is 17.5. The first kappa shape index (κ1) is 41.4. The normalized spacial score (nSPS) is 12.0. The Morgan fingerprint density at radius 2 is 0.929 bits per heavy atom. The molecule has 0 amide bonds. The highest BCUT2D eigenvalue weighted by molar-refractivity contribution is 7.80. The summed E-state index contributed by atoms with van der Waals surface area (Å²) in [6, 6.07) is 0. The number of ether oxygens (including phenoxy) is 2. The fourth-order valence-corrected chi connectivity index (χ4v) is 5.62. The molecule has 0 unspecified atom stereocenters. The summed E-state index contributed by atoms with van der Waals surface area (Å²) in [4.78, 5) is 24.4. The van der Waals surface area contributed by atoms with Crippen LogP contribution < -0.4 is 0 Å². The van der Waals surface area contributed by atoms with E-state index >= 15 is 0 Å². The van der Waals surface area contributed by atoms with Gasteiger partial charge in [0.25, 0.3) is 0 Å². The van der Waals surface area contributed by atoms with Crippen LogP contribution in [0.2, 0.25) is 0 Å². The molecule has 0 heterocycles. The summed E-state index contributed by atoms with van der Waals surface area (Å²) in [6.07, 6.45) is 30.9. The van der Waals surface area contributed by atoms with E-state index in [0.717, 1.165) is 44.3 Å². The van der Waals surface area contributed by atoms with Crippen LogP contribution in [-0.4, -0.2) is 37.0 Å². The summed E-state index contributed by atoms with van der Waals surface area (Å²) in [5.41, 5.74) is 0. The third-order valence-electron chi connectivity index (χ3n) is 7.81. The van der Waals surface area contributed by atoms with Gasteiger partial charge in [0, 0.05) is 12.8 Å². The van der Waals surface area contributed by atoms with Gasteiger partial charge in [-0.15, -0.1) is 0 Å². The quantitative estimate of drug-likeness (QED) is 0.0329. The Morgan fingerprint density at radius 1 is 0.548 bits per heavy atom. The topological polar surface area (TPSA) is 78.9 Å². The van der Waals surface area contributed by atoms with Crippen molar-refractivity contribution >= 4 is 33.3 Å². The molecule has 0 bridgehead atoms. The van der Waals surface area contributed by atoms with Crippen molar-refractivity contribution in [2.45, 2.75) is 186 Å². The second-order valence-corrected chi connectivity index (χ2v) is 12.7. The average molecular weight is 633 g/mol. The highest BCUT2D eigenvalue weighted by atomic mass is 32.1. The van der Waals surface area contributed by atoms with Gasteiger partial charge >= 0.3 is 20.6 Å². The van der Waals surface area contributed by atoms with Crippen molar-refractivity contribution in [1.29, 1.82) is 0 Å². The van der Waals surface area contributed by atoms with Crippen LogP contribution in [0.5, 0.6) is 0 Å². The molecule has 0 radical (unpaired) electrons. The van der Waals surface area contributed by atoms with Gasteiger partial charge in [0.2, 0.25) is 0 Å². The number of esters is 2. The molecule has 0 aliphatic carbocycles. The van der Waals surface area contributed by atoms with Crippen LogP contribution in [0.1, 0.15) is 180 Å². The Balaban J connectivity index is 3.74. The van der Waals surface area contributed by atoms with Gasteiger partial charge in [-0.25, -0.2) is 4.57 Å². The Bertz CT molecular complexity index is 607. The smallest absolute Gasteiger partial charge is 0.327 e. The van der Waals surface area contributed by atoms with Crippen molar-refractivity contribution < 1.29 is 28.2 Å². The van der Waals surface area contributed by atoms with Gasteiger partial charge < -0.3 is 9.47 Å². The van der Waals surface area contributed by atoms with Crippen molar-refractivity contribution in [3.8, 4) is 0 Å². The summed E-state index contributed by atoms with van der Waals surface area (Å²) < 4.78 is 26.4. The van der Waals surface area contributed by atoms with Crippen molar-refractivity contribution in [1.82, 2.24) is 0 Å². The van der Waals surface area contributed by atoms with Crippen LogP contribution >= 0.6 is 21.3 Å². The minimum Gasteiger partial charge on any atom is -0.462 e. The molecule has 0 aliphatic rings. The number of hydrogen-bond donors (Lipinski definition) is 1. The number of thiol groups is 1. The van der Waals surface area contributed by atoms with E-state index in [4.69, 9.17) is 14.0 Å². The van der Waals surface area contributed by atoms with Crippen LogP contribution in [0.25, 0.3) is 0 Å². The monoisotopic (exact) mass is 632 g/mol. The van der Waals surface area contributed by atoms with Crippen molar-refractivity contribution in [3.05, 3.63) is 0 Å². The fraction of sp³-hybridized carbons (Fsp3) is 0.941. The summed E-state index contributed by atoms with van der Waals surface area (Å²) in [5.74, 6) is 0.397. The zero-order chi connectivity index (χ0) is 30.8. The van der Waals surface area contributed by atoms with E-state index in [0.29, 0.717) is 12.8 Å². The van der Waals surface area contributed by atoms with E-state index < -0.39 is 14.8 Å². The fourth-order valence-electron chi connectivity index (χ4n) is 5.17. The van der Waals surface area contributed by atoms with Gasteiger partial charge in [0.1, 0.15) is 13.2 Å². The maximum Gasteiger partial charge on any atom is 0.327 e. The van der Waals surface area contributed by atoms with Gasteiger partial charge in [0.05, 0.1) is 0 Å². The first-order chi connectivity index (χ1) is 20.6. The number of carbonyl (C=O) groups excluding carboxylic acids is 2. The van der Waals surface area contributed by atoms with Crippen LogP contribution in [0.3, 0.4) is 0 Å². The van der Waals surface area contributed by atoms with E-state index in [1.54, 1.807) is 0 Å². The molecular weight excluding hydrogens is 567 g/mol. The van der Waals surface area contributed by atoms with Gasteiger partial charge in [-0.05, 0) is 25.0 Å². The summed E-state index contributed by atoms with van der Waals surface area (Å²) >= 11 is 4.25. The summed E-state index contributed by atoms with van der Waals surface area (Å²) in [7, 11) is -0.482. The van der Waals surface area contributed by atoms with Crippen LogP contribution in [0, 0.1) is 0 Å². The standard InChI is InChI=1S/C34H65O6PS/c1-2-3-4-5-6-7-8-9-13-16-19-22-25-28-34(36)40-32(31-39-41-37)30-38-33(35)27-24-21-18-15-12-10-11-14-17-20-23-26-29-42/h32,42H,2-31H2,1H3/t32-/m1/s1. The molecular formula is C34H65O6PS. The number of unbranched alkanes of at least 4 members (excludes halogenated alkanes) is 23. The Morgan fingerprint density at radius 3 is 1.33 bits per heavy atom. The zero-order valence-corrected chi connectivity index (χ0v) is 28.9. The molecule has 0 N–H and O–H groups in total. The van der Waals surface area contributed by atoms with E-state index in [-0.39, 0.29) is 25.2 Å². The first-order valence-corrected chi connectivity index (χ1v) is 18.9. The molecule has 1 atom stereocenters. The lowest BCUT2D eigenvalue weighted by atomic mass is 10.0. The third kappa shape index (κ3) is 32.3. The zero-order valence-electron chi connectivity index (χ0n) is 27.1. The van der Waals surface area contributed by atoms with Crippen molar-refractivity contribution in [2.24, 2.45) is 0 Å². The lowest BCUT2D eigenvalue weighted by Gasteiger charge is -2.16.